The lowest BCUT2D eigenvalue weighted by atomic mass is 10.1. The van der Waals surface area contributed by atoms with Crippen molar-refractivity contribution < 1.29 is 4.74 Å². The molecule has 5 aromatic rings. The number of pyridine rings is 2. The minimum atomic E-state index is -0.156. The van der Waals surface area contributed by atoms with Gasteiger partial charge in [-0.25, -0.2) is 4.98 Å². The summed E-state index contributed by atoms with van der Waals surface area (Å²) in [7, 11) is 1.61. The van der Waals surface area contributed by atoms with Crippen molar-refractivity contribution >= 4 is 16.7 Å². The number of rotatable bonds is 4. The number of fused-ring (bicyclic) bond motifs is 2. The number of nitrogens with zero attached hydrogens (tertiary/aromatic N) is 6. The van der Waals surface area contributed by atoms with Gasteiger partial charge >= 0.3 is 0 Å². The summed E-state index contributed by atoms with van der Waals surface area (Å²) in [6.45, 7) is 2.21. The van der Waals surface area contributed by atoms with E-state index in [0.717, 1.165) is 11.1 Å². The number of hydrogen-bond donors (Lipinski definition) is 0. The van der Waals surface area contributed by atoms with Crippen LogP contribution in [0.2, 0.25) is 0 Å². The van der Waals surface area contributed by atoms with Gasteiger partial charge in [-0.3, -0.25) is 9.78 Å². The fourth-order valence-electron chi connectivity index (χ4n) is 3.57. The van der Waals surface area contributed by atoms with E-state index in [2.05, 4.69) is 20.1 Å². The van der Waals surface area contributed by atoms with Crippen LogP contribution in [0.5, 0.6) is 5.75 Å². The Labute approximate surface area is 171 Å². The zero-order valence-electron chi connectivity index (χ0n) is 16.5. The summed E-state index contributed by atoms with van der Waals surface area (Å²) in [4.78, 5) is 26.7. The van der Waals surface area contributed by atoms with Crippen LogP contribution in [0.3, 0.4) is 0 Å². The minimum absolute atomic E-state index is 0.156. The second-order valence-corrected chi connectivity index (χ2v) is 6.93. The van der Waals surface area contributed by atoms with Gasteiger partial charge in [-0.05, 0) is 36.8 Å². The Kier molecular flexibility index (Phi) is 4.24. The molecule has 4 aromatic heterocycles. The van der Waals surface area contributed by atoms with Gasteiger partial charge < -0.3 is 9.30 Å². The minimum Gasteiger partial charge on any atom is -0.497 e. The van der Waals surface area contributed by atoms with Crippen molar-refractivity contribution in [3.63, 3.8) is 0 Å². The van der Waals surface area contributed by atoms with Crippen LogP contribution >= 0.6 is 0 Å². The Morgan fingerprint density at radius 3 is 2.80 bits per heavy atom. The normalized spacial score (nSPS) is 11.3. The summed E-state index contributed by atoms with van der Waals surface area (Å²) in [6.07, 6.45) is 5.21. The lowest BCUT2D eigenvalue weighted by Crippen LogP contribution is -2.22. The highest BCUT2D eigenvalue weighted by atomic mass is 16.5. The highest BCUT2D eigenvalue weighted by Crippen LogP contribution is 2.28. The zero-order valence-corrected chi connectivity index (χ0v) is 16.5. The van der Waals surface area contributed by atoms with E-state index in [9.17, 15) is 4.79 Å². The van der Waals surface area contributed by atoms with Gasteiger partial charge in [-0.15, -0.1) is 5.10 Å². The van der Waals surface area contributed by atoms with Crippen LogP contribution in [0.1, 0.15) is 11.4 Å². The molecule has 0 atom stereocenters. The average Bonchev–Trinajstić information content (AvgIpc) is 3.14. The SMILES string of the molecule is COc1cccc(-c2c3c(=O)n(Cc4cccnc4)ccc3nc3nc(C)nn23)c1. The van der Waals surface area contributed by atoms with E-state index in [1.54, 1.807) is 41.7 Å². The van der Waals surface area contributed by atoms with Gasteiger partial charge in [0.1, 0.15) is 11.6 Å². The van der Waals surface area contributed by atoms with Crippen molar-refractivity contribution in [2.75, 3.05) is 7.11 Å². The summed E-state index contributed by atoms with van der Waals surface area (Å²) in [5.74, 6) is 1.72. The maximum Gasteiger partial charge on any atom is 0.262 e. The molecule has 0 saturated carbocycles. The number of aryl methyl sites for hydroxylation is 1. The first-order valence-corrected chi connectivity index (χ1v) is 9.44. The number of hydrogen-bond acceptors (Lipinski definition) is 6. The van der Waals surface area contributed by atoms with Crippen LogP contribution in [0, 0.1) is 6.92 Å². The van der Waals surface area contributed by atoms with E-state index in [4.69, 9.17) is 4.74 Å². The van der Waals surface area contributed by atoms with Gasteiger partial charge in [0.2, 0.25) is 0 Å². The van der Waals surface area contributed by atoms with Crippen LogP contribution in [0.15, 0.2) is 65.8 Å². The Balaban J connectivity index is 1.83. The van der Waals surface area contributed by atoms with Gasteiger partial charge in [0.15, 0.2) is 0 Å². The van der Waals surface area contributed by atoms with E-state index in [1.165, 1.54) is 0 Å². The van der Waals surface area contributed by atoms with Crippen molar-refractivity contribution in [2.45, 2.75) is 13.5 Å². The molecule has 0 N–H and O–H groups in total. The third-order valence-electron chi connectivity index (χ3n) is 4.93. The van der Waals surface area contributed by atoms with E-state index in [0.29, 0.717) is 40.5 Å². The molecular formula is C22H18N6O2. The second kappa shape index (κ2) is 7.07. The van der Waals surface area contributed by atoms with Crippen LogP contribution in [-0.2, 0) is 6.54 Å². The maximum absolute atomic E-state index is 13.5. The molecule has 8 heteroatoms. The van der Waals surface area contributed by atoms with Crippen LogP contribution in [0.25, 0.3) is 27.9 Å². The van der Waals surface area contributed by atoms with Crippen molar-refractivity contribution in [3.8, 4) is 17.0 Å². The molecule has 0 fully saturated rings. The van der Waals surface area contributed by atoms with Gasteiger partial charge in [0.05, 0.1) is 30.3 Å². The quantitative estimate of drug-likeness (QED) is 0.463. The third-order valence-corrected chi connectivity index (χ3v) is 4.93. The first-order chi connectivity index (χ1) is 14.6. The molecule has 0 amide bonds. The molecule has 8 nitrogen and oxygen atoms in total. The molecule has 0 saturated heterocycles. The Bertz CT molecular complexity index is 1440. The van der Waals surface area contributed by atoms with Gasteiger partial charge in [0.25, 0.3) is 11.3 Å². The summed E-state index contributed by atoms with van der Waals surface area (Å²) < 4.78 is 8.67. The van der Waals surface area contributed by atoms with Crippen LogP contribution in [-0.4, -0.2) is 36.2 Å². The topological polar surface area (TPSA) is 87.2 Å². The molecule has 0 spiro atoms. The Morgan fingerprint density at radius 1 is 1.10 bits per heavy atom. The predicted octanol–water partition coefficient (Wildman–Crippen LogP) is 2.87. The predicted molar refractivity (Wildman–Crippen MR) is 113 cm³/mol. The molecule has 4 heterocycles. The Hall–Kier alpha value is -4.07. The van der Waals surface area contributed by atoms with Gasteiger partial charge in [-0.1, -0.05) is 18.2 Å². The molecule has 5 rings (SSSR count). The summed E-state index contributed by atoms with van der Waals surface area (Å²) in [5.41, 5.74) is 2.79. The van der Waals surface area contributed by atoms with Gasteiger partial charge in [-0.2, -0.15) is 9.50 Å². The van der Waals surface area contributed by atoms with Crippen LogP contribution in [0.4, 0.5) is 0 Å². The average molecular weight is 398 g/mol. The number of methoxy groups -OCH3 is 1. The summed E-state index contributed by atoms with van der Waals surface area (Å²) in [6, 6.07) is 13.2. The summed E-state index contributed by atoms with van der Waals surface area (Å²) >= 11 is 0. The highest BCUT2D eigenvalue weighted by molar-refractivity contribution is 5.93. The van der Waals surface area contributed by atoms with Crippen molar-refractivity contribution in [2.24, 2.45) is 0 Å². The van der Waals surface area contributed by atoms with Crippen molar-refractivity contribution in [1.82, 2.24) is 29.1 Å². The zero-order chi connectivity index (χ0) is 20.7. The first-order valence-electron chi connectivity index (χ1n) is 9.44. The standard InChI is InChI=1S/C22H18N6O2/c1-14-24-22-25-18-8-10-27(13-15-5-4-9-23-12-15)21(29)19(18)20(28(22)26-14)16-6-3-7-17(11-16)30-2/h3-12H,13H2,1-2H3. The lowest BCUT2D eigenvalue weighted by Gasteiger charge is -2.12. The van der Waals surface area contributed by atoms with Gasteiger partial charge in [0, 0.05) is 24.2 Å². The fraction of sp³-hybridized carbons (Fsp3) is 0.136. The van der Waals surface area contributed by atoms with E-state index >= 15 is 0 Å². The number of aromatic nitrogens is 6. The molecular weight excluding hydrogens is 380 g/mol. The highest BCUT2D eigenvalue weighted by Gasteiger charge is 2.18. The molecule has 1 aromatic carbocycles. The molecule has 148 valence electrons. The smallest absolute Gasteiger partial charge is 0.262 e. The largest absolute Gasteiger partial charge is 0.497 e. The van der Waals surface area contributed by atoms with Crippen molar-refractivity contribution in [3.05, 3.63) is 82.8 Å². The lowest BCUT2D eigenvalue weighted by molar-refractivity contribution is 0.415. The second-order valence-electron chi connectivity index (χ2n) is 6.93. The molecule has 0 unspecified atom stereocenters. The molecule has 0 radical (unpaired) electrons. The first kappa shape index (κ1) is 18.0. The fourth-order valence-corrected chi connectivity index (χ4v) is 3.57. The molecule has 30 heavy (non-hydrogen) atoms. The van der Waals surface area contributed by atoms with Crippen molar-refractivity contribution in [1.29, 1.82) is 0 Å². The Morgan fingerprint density at radius 2 is 2.00 bits per heavy atom. The monoisotopic (exact) mass is 398 g/mol. The number of ether oxygens (including phenoxy) is 1. The molecule has 0 aliphatic heterocycles. The van der Waals surface area contributed by atoms with Crippen LogP contribution < -0.4 is 10.3 Å². The third kappa shape index (κ3) is 2.98. The molecule has 0 aliphatic rings. The van der Waals surface area contributed by atoms with E-state index in [1.807, 2.05) is 42.5 Å². The van der Waals surface area contributed by atoms with E-state index in [-0.39, 0.29) is 5.56 Å². The van der Waals surface area contributed by atoms with E-state index < -0.39 is 0 Å². The number of benzene rings is 1. The molecule has 0 bridgehead atoms. The molecule has 0 aliphatic carbocycles. The summed E-state index contributed by atoms with van der Waals surface area (Å²) in [5, 5.41) is 4.97. The maximum atomic E-state index is 13.5.